The van der Waals surface area contributed by atoms with E-state index in [-0.39, 0.29) is 17.9 Å². The summed E-state index contributed by atoms with van der Waals surface area (Å²) in [5, 5.41) is 16.3. The summed E-state index contributed by atoms with van der Waals surface area (Å²) < 4.78 is 2.37. The molecule has 1 atom stereocenters. The maximum absolute atomic E-state index is 13.5. The van der Waals surface area contributed by atoms with Gasteiger partial charge in [-0.2, -0.15) is 0 Å². The molecule has 3 N–H and O–H groups in total. The minimum atomic E-state index is -0.0913. The zero-order valence-corrected chi connectivity index (χ0v) is 28.7. The van der Waals surface area contributed by atoms with Crippen molar-refractivity contribution in [1.29, 1.82) is 0 Å². The summed E-state index contributed by atoms with van der Waals surface area (Å²) in [5.41, 5.74) is 7.49. The van der Waals surface area contributed by atoms with E-state index < -0.39 is 0 Å². The fourth-order valence-corrected chi connectivity index (χ4v) is 5.98. The smallest absolute Gasteiger partial charge is 0.253 e. The number of benzene rings is 1. The lowest BCUT2D eigenvalue weighted by molar-refractivity contribution is -0.125. The molecule has 2 rings (SSSR count). The predicted octanol–water partition coefficient (Wildman–Crippen LogP) is 7.94. The van der Waals surface area contributed by atoms with E-state index in [1.165, 1.54) is 11.3 Å². The number of hydrogen-bond donors (Lipinski definition) is 3. The number of aryl methyl sites for hydroxylation is 1. The van der Waals surface area contributed by atoms with Gasteiger partial charge in [-0.05, 0) is 74.6 Å². The van der Waals surface area contributed by atoms with Gasteiger partial charge in [-0.25, -0.2) is 0 Å². The van der Waals surface area contributed by atoms with Crippen molar-refractivity contribution in [2.75, 3.05) is 37.3 Å². The zero-order valence-electron chi connectivity index (χ0n) is 27.8. The number of nitrogens with zero attached hydrogens (tertiary/aromatic N) is 2. The standard InChI is InChI=1S/C37H54N4O2S/c1-10-19-30(11-2)35-32(21-15-14-18-25-42)38-33(31(12-3)39-35)26-29(6)36(43)40(8)24-23-37(7,13-4)27-41(44-9)34-22-17-16-20-28(34)5/h10-12,16-17,19-20,22,26,38-39,42H,1-2,6,13-15,18,21,23-25,27H2,3-5,7-9H3/b30-19+,31-12+,33-26+. The Kier molecular flexibility index (Phi) is 15.4. The van der Waals surface area contributed by atoms with E-state index in [4.69, 9.17) is 0 Å². The highest BCUT2D eigenvalue weighted by Crippen LogP contribution is 2.34. The van der Waals surface area contributed by atoms with Crippen molar-refractivity contribution < 1.29 is 9.90 Å². The van der Waals surface area contributed by atoms with Crippen molar-refractivity contribution in [1.82, 2.24) is 15.5 Å². The van der Waals surface area contributed by atoms with Crippen LogP contribution in [0.15, 0.2) is 108 Å². The van der Waals surface area contributed by atoms with E-state index in [2.05, 4.69) is 86.0 Å². The summed E-state index contributed by atoms with van der Waals surface area (Å²) in [5.74, 6) is -0.0913. The second-order valence-electron chi connectivity index (χ2n) is 11.6. The Hall–Kier alpha value is -3.42. The van der Waals surface area contributed by atoms with Crippen molar-refractivity contribution in [3.8, 4) is 0 Å². The van der Waals surface area contributed by atoms with E-state index in [9.17, 15) is 9.90 Å². The number of likely N-dealkylation sites (N-methyl/N-ethyl adjacent to an activating group) is 1. The number of rotatable bonds is 18. The summed E-state index contributed by atoms with van der Waals surface area (Å²) >= 11 is 1.74. The molecule has 0 radical (unpaired) electrons. The first-order valence-electron chi connectivity index (χ1n) is 15.6. The lowest BCUT2D eigenvalue weighted by atomic mass is 9.83. The van der Waals surface area contributed by atoms with Crippen LogP contribution in [0.25, 0.3) is 0 Å². The first-order chi connectivity index (χ1) is 21.1. The number of aliphatic hydroxyl groups excluding tert-OH is 1. The molecule has 6 nitrogen and oxygen atoms in total. The molecule has 44 heavy (non-hydrogen) atoms. The van der Waals surface area contributed by atoms with Crippen LogP contribution in [-0.4, -0.2) is 48.9 Å². The van der Waals surface area contributed by atoms with Crippen LogP contribution in [0, 0.1) is 12.3 Å². The normalized spacial score (nSPS) is 16.7. The number of hydrogen-bond acceptors (Lipinski definition) is 6. The minimum absolute atomic E-state index is 0.0283. The highest BCUT2D eigenvalue weighted by Gasteiger charge is 2.28. The van der Waals surface area contributed by atoms with Crippen molar-refractivity contribution in [3.05, 3.63) is 114 Å². The molecule has 0 saturated carbocycles. The molecule has 7 heteroatoms. The SMILES string of the molecule is C=C/C=C(\C=C)C1=C(CCCCCO)NC(=C/C(=C)C(=O)N(C)CCC(C)(CC)CN(SC)c2ccccc2C)/C(=C\C)N1. The lowest BCUT2D eigenvalue weighted by Gasteiger charge is -2.36. The Morgan fingerprint density at radius 3 is 2.45 bits per heavy atom. The number of nitrogens with one attached hydrogen (secondary N) is 2. The van der Waals surface area contributed by atoms with Gasteiger partial charge in [-0.15, -0.1) is 0 Å². The molecule has 0 aromatic heterocycles. The molecule has 1 amide bonds. The van der Waals surface area contributed by atoms with Crippen molar-refractivity contribution >= 4 is 23.5 Å². The number of allylic oxidation sites excluding steroid dienone is 5. The van der Waals surface area contributed by atoms with Gasteiger partial charge in [0.25, 0.3) is 5.91 Å². The van der Waals surface area contributed by atoms with Gasteiger partial charge in [0.2, 0.25) is 0 Å². The van der Waals surface area contributed by atoms with Crippen LogP contribution in [-0.2, 0) is 4.79 Å². The summed E-state index contributed by atoms with van der Waals surface area (Å²) in [6, 6.07) is 8.49. The molecule has 0 aliphatic carbocycles. The number of anilines is 1. The molecule has 1 heterocycles. The quantitative estimate of drug-likeness (QED) is 0.0672. The summed E-state index contributed by atoms with van der Waals surface area (Å²) in [4.78, 5) is 15.3. The molecule has 0 saturated heterocycles. The van der Waals surface area contributed by atoms with Gasteiger partial charge >= 0.3 is 0 Å². The second kappa shape index (κ2) is 18.4. The Balaban J connectivity index is 2.20. The van der Waals surface area contributed by atoms with Crippen LogP contribution >= 0.6 is 11.9 Å². The Morgan fingerprint density at radius 1 is 1.14 bits per heavy atom. The first kappa shape index (κ1) is 36.8. The van der Waals surface area contributed by atoms with E-state index >= 15 is 0 Å². The molecule has 1 aliphatic rings. The van der Waals surface area contributed by atoms with Gasteiger partial charge in [-0.3, -0.25) is 4.79 Å². The van der Waals surface area contributed by atoms with Crippen LogP contribution in [0.3, 0.4) is 0 Å². The molecule has 240 valence electrons. The van der Waals surface area contributed by atoms with E-state index in [1.807, 2.05) is 38.3 Å². The van der Waals surface area contributed by atoms with Crippen molar-refractivity contribution in [2.24, 2.45) is 5.41 Å². The number of aliphatic hydroxyl groups is 1. The van der Waals surface area contributed by atoms with Crippen molar-refractivity contribution in [3.63, 3.8) is 0 Å². The number of unbranched alkanes of at least 4 members (excludes halogenated alkanes) is 2. The number of carbonyl (C=O) groups excluding carboxylic acids is 1. The number of amides is 1. The van der Waals surface area contributed by atoms with Gasteiger partial charge < -0.3 is 24.9 Å². The van der Waals surface area contributed by atoms with Gasteiger partial charge in [0, 0.05) is 50.0 Å². The Bertz CT molecular complexity index is 1290. The highest BCUT2D eigenvalue weighted by molar-refractivity contribution is 7.99. The topological polar surface area (TPSA) is 67.8 Å². The molecular formula is C37H54N4O2S. The summed E-state index contributed by atoms with van der Waals surface area (Å²) in [7, 11) is 1.86. The third-order valence-electron chi connectivity index (χ3n) is 8.29. The highest BCUT2D eigenvalue weighted by atomic mass is 32.2. The second-order valence-corrected chi connectivity index (χ2v) is 12.4. The van der Waals surface area contributed by atoms with Crippen LogP contribution in [0.2, 0.25) is 0 Å². The minimum Gasteiger partial charge on any atom is -0.396 e. The average Bonchev–Trinajstić information content (AvgIpc) is 3.03. The molecule has 1 aromatic rings. The van der Waals surface area contributed by atoms with Crippen LogP contribution in [0.1, 0.15) is 64.9 Å². The van der Waals surface area contributed by atoms with Gasteiger partial charge in [0.05, 0.1) is 17.1 Å². The molecule has 0 bridgehead atoms. The van der Waals surface area contributed by atoms with Crippen LogP contribution in [0.5, 0.6) is 0 Å². The maximum atomic E-state index is 13.5. The van der Waals surface area contributed by atoms with Crippen LogP contribution < -0.4 is 14.9 Å². The zero-order chi connectivity index (χ0) is 32.7. The van der Waals surface area contributed by atoms with E-state index in [1.54, 1.807) is 22.9 Å². The van der Waals surface area contributed by atoms with Crippen molar-refractivity contribution in [2.45, 2.75) is 66.2 Å². The first-order valence-corrected chi connectivity index (χ1v) is 16.8. The van der Waals surface area contributed by atoms with E-state index in [0.717, 1.165) is 73.4 Å². The maximum Gasteiger partial charge on any atom is 0.253 e. The number of para-hydroxylation sites is 1. The third-order valence-corrected chi connectivity index (χ3v) is 9.06. The third kappa shape index (κ3) is 10.3. The Labute approximate surface area is 271 Å². The van der Waals surface area contributed by atoms with Gasteiger partial charge in [0.1, 0.15) is 0 Å². The fraction of sp³-hybridized carbons (Fsp3) is 0.432. The van der Waals surface area contributed by atoms with E-state index in [0.29, 0.717) is 12.1 Å². The monoisotopic (exact) mass is 618 g/mol. The molecule has 1 aliphatic heterocycles. The fourth-order valence-electron chi connectivity index (χ4n) is 5.14. The number of carbonyl (C=O) groups is 1. The van der Waals surface area contributed by atoms with Gasteiger partial charge in [-0.1, -0.05) is 94.5 Å². The molecule has 0 fully saturated rings. The summed E-state index contributed by atoms with van der Waals surface area (Å²) in [6.07, 6.45) is 16.7. The molecular weight excluding hydrogens is 565 g/mol. The summed E-state index contributed by atoms with van der Waals surface area (Å²) in [6.45, 7) is 22.4. The molecule has 0 spiro atoms. The molecule has 1 unspecified atom stereocenters. The largest absolute Gasteiger partial charge is 0.396 e. The predicted molar refractivity (Wildman–Crippen MR) is 191 cm³/mol. The lowest BCUT2D eigenvalue weighted by Crippen LogP contribution is -2.37. The van der Waals surface area contributed by atoms with Crippen LogP contribution in [0.4, 0.5) is 5.69 Å². The van der Waals surface area contributed by atoms with Gasteiger partial charge in [0.15, 0.2) is 0 Å². The molecule has 1 aromatic carbocycles. The Morgan fingerprint density at radius 2 is 1.86 bits per heavy atom. The average molecular weight is 619 g/mol.